The summed E-state index contributed by atoms with van der Waals surface area (Å²) in [6.45, 7) is 2.42. The molecule has 0 saturated heterocycles. The molecular weight excluding hydrogens is 472 g/mol. The van der Waals surface area contributed by atoms with E-state index < -0.39 is 0 Å². The van der Waals surface area contributed by atoms with E-state index in [2.05, 4.69) is 15.5 Å². The zero-order chi connectivity index (χ0) is 23.9. The lowest BCUT2D eigenvalue weighted by molar-refractivity contribution is -0.113. The first kappa shape index (κ1) is 23.7. The molecule has 7 nitrogen and oxygen atoms in total. The van der Waals surface area contributed by atoms with Crippen LogP contribution in [0.2, 0.25) is 5.02 Å². The van der Waals surface area contributed by atoms with Crippen LogP contribution in [-0.4, -0.2) is 40.1 Å². The van der Waals surface area contributed by atoms with E-state index in [1.54, 1.807) is 19.2 Å². The summed E-state index contributed by atoms with van der Waals surface area (Å²) in [7, 11) is 1.62. The molecule has 1 aromatic heterocycles. The van der Waals surface area contributed by atoms with E-state index in [1.807, 2.05) is 72.2 Å². The topological polar surface area (TPSA) is 78.3 Å². The van der Waals surface area contributed by atoms with Crippen LogP contribution in [0, 0.1) is 0 Å². The molecule has 9 heteroatoms. The number of carbonyl (C=O) groups excluding carboxylic acids is 1. The van der Waals surface area contributed by atoms with Gasteiger partial charge in [0.25, 0.3) is 0 Å². The third kappa shape index (κ3) is 5.52. The lowest BCUT2D eigenvalue weighted by atomic mass is 10.2. The number of hydrogen-bond donors (Lipinski definition) is 1. The number of carbonyl (C=O) groups is 1. The third-order valence-electron chi connectivity index (χ3n) is 4.86. The SMILES string of the molecule is CCOc1ccccc1NC(=O)CSc1nnc(-c2ccc(Cl)cc2)n1-c1ccc(OC)cc1. The number of thioether (sulfide) groups is 1. The van der Waals surface area contributed by atoms with Crippen LogP contribution in [-0.2, 0) is 4.79 Å². The van der Waals surface area contributed by atoms with Gasteiger partial charge in [0.05, 0.1) is 25.2 Å². The van der Waals surface area contributed by atoms with Gasteiger partial charge in [-0.05, 0) is 67.6 Å². The molecule has 0 aliphatic heterocycles. The summed E-state index contributed by atoms with van der Waals surface area (Å²) in [6.07, 6.45) is 0. The van der Waals surface area contributed by atoms with Crippen LogP contribution in [0.3, 0.4) is 0 Å². The minimum absolute atomic E-state index is 0.148. The highest BCUT2D eigenvalue weighted by Gasteiger charge is 2.18. The first-order chi connectivity index (χ1) is 16.6. The van der Waals surface area contributed by atoms with Gasteiger partial charge in [-0.1, -0.05) is 35.5 Å². The van der Waals surface area contributed by atoms with Gasteiger partial charge in [-0.15, -0.1) is 10.2 Å². The Hall–Kier alpha value is -3.49. The Kier molecular flexibility index (Phi) is 7.72. The van der Waals surface area contributed by atoms with E-state index >= 15 is 0 Å². The molecule has 1 N–H and O–H groups in total. The van der Waals surface area contributed by atoms with Crippen molar-refractivity contribution < 1.29 is 14.3 Å². The maximum atomic E-state index is 12.7. The number of rotatable bonds is 9. The summed E-state index contributed by atoms with van der Waals surface area (Å²) < 4.78 is 12.8. The maximum Gasteiger partial charge on any atom is 0.234 e. The van der Waals surface area contributed by atoms with Crippen molar-refractivity contribution in [3.05, 3.63) is 77.8 Å². The highest BCUT2D eigenvalue weighted by Crippen LogP contribution is 2.30. The average molecular weight is 495 g/mol. The van der Waals surface area contributed by atoms with Crippen molar-refractivity contribution >= 4 is 35.0 Å². The molecule has 0 atom stereocenters. The van der Waals surface area contributed by atoms with Gasteiger partial charge in [0.1, 0.15) is 11.5 Å². The standard InChI is InChI=1S/C25H23ClN4O3S/c1-3-33-22-7-5-4-6-21(22)27-23(31)16-34-25-29-28-24(17-8-10-18(26)11-9-17)30(25)19-12-14-20(32-2)15-13-19/h4-15H,3,16H2,1-2H3,(H,27,31). The Morgan fingerprint density at radius 1 is 1.03 bits per heavy atom. The molecule has 0 fully saturated rings. The minimum Gasteiger partial charge on any atom is -0.497 e. The quantitative estimate of drug-likeness (QED) is 0.299. The first-order valence-corrected chi connectivity index (χ1v) is 12.0. The molecule has 1 amide bonds. The number of ether oxygens (including phenoxy) is 2. The zero-order valence-corrected chi connectivity index (χ0v) is 20.3. The molecule has 0 aliphatic carbocycles. The van der Waals surface area contributed by atoms with Gasteiger partial charge in [0.15, 0.2) is 11.0 Å². The van der Waals surface area contributed by atoms with Crippen molar-refractivity contribution in [2.24, 2.45) is 0 Å². The van der Waals surface area contributed by atoms with Gasteiger partial charge in [-0.25, -0.2) is 0 Å². The van der Waals surface area contributed by atoms with E-state index in [9.17, 15) is 4.79 Å². The smallest absolute Gasteiger partial charge is 0.234 e. The van der Waals surface area contributed by atoms with Gasteiger partial charge in [-0.3, -0.25) is 9.36 Å². The summed E-state index contributed by atoms with van der Waals surface area (Å²) in [6, 6.07) is 22.3. The predicted octanol–water partition coefficient (Wildman–Crippen LogP) is 5.73. The summed E-state index contributed by atoms with van der Waals surface area (Å²) in [5.74, 6) is 2.00. The Labute approximate surface area is 207 Å². The minimum atomic E-state index is -0.172. The normalized spacial score (nSPS) is 10.7. The third-order valence-corrected chi connectivity index (χ3v) is 6.04. The molecule has 1 heterocycles. The molecule has 34 heavy (non-hydrogen) atoms. The number of halogens is 1. The van der Waals surface area contributed by atoms with Gasteiger partial charge >= 0.3 is 0 Å². The lowest BCUT2D eigenvalue weighted by Gasteiger charge is -2.12. The second kappa shape index (κ2) is 11.1. The number of nitrogens with one attached hydrogen (secondary N) is 1. The van der Waals surface area contributed by atoms with Crippen molar-refractivity contribution in [3.63, 3.8) is 0 Å². The highest BCUT2D eigenvalue weighted by molar-refractivity contribution is 7.99. The summed E-state index contributed by atoms with van der Waals surface area (Å²) in [5.41, 5.74) is 2.34. The van der Waals surface area contributed by atoms with Crippen LogP contribution >= 0.6 is 23.4 Å². The Balaban J connectivity index is 1.59. The van der Waals surface area contributed by atoms with Gasteiger partial charge in [0.2, 0.25) is 5.91 Å². The first-order valence-electron chi connectivity index (χ1n) is 10.6. The molecule has 174 valence electrons. The monoisotopic (exact) mass is 494 g/mol. The fraction of sp³-hybridized carbons (Fsp3) is 0.160. The number of hydrogen-bond acceptors (Lipinski definition) is 6. The molecule has 0 saturated carbocycles. The van der Waals surface area contributed by atoms with Crippen molar-refractivity contribution in [2.75, 3.05) is 24.8 Å². The van der Waals surface area contributed by atoms with E-state index in [1.165, 1.54) is 11.8 Å². The maximum absolute atomic E-state index is 12.7. The highest BCUT2D eigenvalue weighted by atomic mass is 35.5. The zero-order valence-electron chi connectivity index (χ0n) is 18.7. The number of nitrogens with zero attached hydrogens (tertiary/aromatic N) is 3. The number of methoxy groups -OCH3 is 1. The Morgan fingerprint density at radius 2 is 1.76 bits per heavy atom. The summed E-state index contributed by atoms with van der Waals surface area (Å²) >= 11 is 7.36. The van der Waals surface area contributed by atoms with E-state index in [-0.39, 0.29) is 11.7 Å². The summed E-state index contributed by atoms with van der Waals surface area (Å²) in [4.78, 5) is 12.7. The molecule has 0 spiro atoms. The Morgan fingerprint density at radius 3 is 2.47 bits per heavy atom. The molecule has 0 unspecified atom stereocenters. The number of anilines is 1. The van der Waals surface area contributed by atoms with Crippen LogP contribution < -0.4 is 14.8 Å². The van der Waals surface area contributed by atoms with Gasteiger partial charge in [0, 0.05) is 16.3 Å². The number of amides is 1. The van der Waals surface area contributed by atoms with Crippen molar-refractivity contribution in [3.8, 4) is 28.6 Å². The number of para-hydroxylation sites is 2. The number of benzene rings is 3. The van der Waals surface area contributed by atoms with Crippen molar-refractivity contribution in [1.82, 2.24) is 14.8 Å². The van der Waals surface area contributed by atoms with Crippen LogP contribution in [0.5, 0.6) is 11.5 Å². The van der Waals surface area contributed by atoms with E-state index in [0.29, 0.717) is 34.0 Å². The largest absolute Gasteiger partial charge is 0.497 e. The summed E-state index contributed by atoms with van der Waals surface area (Å²) in [5, 5.41) is 12.9. The lowest BCUT2D eigenvalue weighted by Crippen LogP contribution is -2.15. The van der Waals surface area contributed by atoms with Crippen molar-refractivity contribution in [2.45, 2.75) is 12.1 Å². The predicted molar refractivity (Wildman–Crippen MR) is 135 cm³/mol. The molecule has 0 radical (unpaired) electrons. The van der Waals surface area contributed by atoms with Crippen LogP contribution in [0.4, 0.5) is 5.69 Å². The second-order valence-electron chi connectivity index (χ2n) is 7.11. The molecule has 0 aliphatic rings. The van der Waals surface area contributed by atoms with Gasteiger partial charge < -0.3 is 14.8 Å². The molecule has 4 aromatic rings. The van der Waals surface area contributed by atoms with Crippen LogP contribution in [0.25, 0.3) is 17.1 Å². The van der Waals surface area contributed by atoms with Gasteiger partial charge in [-0.2, -0.15) is 0 Å². The van der Waals surface area contributed by atoms with E-state index in [0.717, 1.165) is 17.0 Å². The van der Waals surface area contributed by atoms with E-state index in [4.69, 9.17) is 21.1 Å². The second-order valence-corrected chi connectivity index (χ2v) is 8.49. The average Bonchev–Trinajstić information content (AvgIpc) is 3.28. The number of aromatic nitrogens is 3. The fourth-order valence-corrected chi connectivity index (χ4v) is 4.16. The molecule has 3 aromatic carbocycles. The van der Waals surface area contributed by atoms with Crippen LogP contribution in [0.1, 0.15) is 6.92 Å². The Bertz CT molecular complexity index is 1260. The van der Waals surface area contributed by atoms with Crippen molar-refractivity contribution in [1.29, 1.82) is 0 Å². The molecular formula is C25H23ClN4O3S. The fourth-order valence-electron chi connectivity index (χ4n) is 3.28. The molecule has 0 bridgehead atoms. The van der Waals surface area contributed by atoms with Crippen LogP contribution in [0.15, 0.2) is 78.0 Å². The molecule has 4 rings (SSSR count).